The van der Waals surface area contributed by atoms with Gasteiger partial charge in [-0.2, -0.15) is 0 Å². The molecule has 4 nitrogen and oxygen atoms in total. The number of nitrogens with one attached hydrogen (secondary N) is 1. The zero-order chi connectivity index (χ0) is 18.5. The molecule has 2 aromatic carbocycles. The number of rotatable bonds is 3. The van der Waals surface area contributed by atoms with Crippen LogP contribution >= 0.6 is 23.2 Å². The highest BCUT2D eigenvalue weighted by molar-refractivity contribution is 6.35. The van der Waals surface area contributed by atoms with Crippen LogP contribution in [0.2, 0.25) is 10.0 Å². The summed E-state index contributed by atoms with van der Waals surface area (Å²) in [4.78, 5) is 27.1. The summed E-state index contributed by atoms with van der Waals surface area (Å²) in [7, 11) is 0. The number of anilines is 1. The Hall–Kier alpha value is -2.04. The number of benzene rings is 2. The molecule has 1 aliphatic heterocycles. The SMILES string of the molecule is O=C(Nc1cc(Cl)cc(Cl)c1)c1cccc(C(=O)N2CCCCCC2)c1. The van der Waals surface area contributed by atoms with Crippen molar-refractivity contribution in [2.75, 3.05) is 18.4 Å². The molecule has 1 saturated heterocycles. The van der Waals surface area contributed by atoms with Gasteiger partial charge in [-0.3, -0.25) is 9.59 Å². The first kappa shape index (κ1) is 18.7. The van der Waals surface area contributed by atoms with Crippen molar-refractivity contribution in [3.8, 4) is 0 Å². The number of carbonyl (C=O) groups excluding carboxylic acids is 2. The van der Waals surface area contributed by atoms with Crippen LogP contribution in [0.1, 0.15) is 46.4 Å². The van der Waals surface area contributed by atoms with E-state index in [9.17, 15) is 9.59 Å². The van der Waals surface area contributed by atoms with Crippen LogP contribution in [0.15, 0.2) is 42.5 Å². The number of halogens is 2. The van der Waals surface area contributed by atoms with Crippen LogP contribution < -0.4 is 5.32 Å². The van der Waals surface area contributed by atoms with E-state index < -0.39 is 0 Å². The third-order valence-electron chi connectivity index (χ3n) is 4.39. The third-order valence-corrected chi connectivity index (χ3v) is 4.82. The third kappa shape index (κ3) is 4.77. The molecule has 0 atom stereocenters. The quantitative estimate of drug-likeness (QED) is 0.776. The molecule has 0 aliphatic carbocycles. The van der Waals surface area contributed by atoms with Crippen molar-refractivity contribution in [1.29, 1.82) is 0 Å². The van der Waals surface area contributed by atoms with Crippen LogP contribution in [0.25, 0.3) is 0 Å². The first-order chi connectivity index (χ1) is 12.5. The summed E-state index contributed by atoms with van der Waals surface area (Å²) >= 11 is 11.9. The summed E-state index contributed by atoms with van der Waals surface area (Å²) in [6.45, 7) is 1.55. The normalized spacial score (nSPS) is 14.6. The minimum Gasteiger partial charge on any atom is -0.339 e. The number of likely N-dealkylation sites (tertiary alicyclic amines) is 1. The first-order valence-electron chi connectivity index (χ1n) is 8.70. The fourth-order valence-corrected chi connectivity index (χ4v) is 3.61. The van der Waals surface area contributed by atoms with Gasteiger partial charge >= 0.3 is 0 Å². The van der Waals surface area contributed by atoms with Crippen LogP contribution in [-0.2, 0) is 0 Å². The lowest BCUT2D eigenvalue weighted by molar-refractivity contribution is 0.0761. The topological polar surface area (TPSA) is 49.4 Å². The minimum absolute atomic E-state index is 0.0210. The zero-order valence-corrected chi connectivity index (χ0v) is 15.8. The number of hydrogen-bond acceptors (Lipinski definition) is 2. The molecule has 26 heavy (non-hydrogen) atoms. The molecule has 1 aliphatic rings. The lowest BCUT2D eigenvalue weighted by Crippen LogP contribution is -2.32. The molecule has 0 unspecified atom stereocenters. The van der Waals surface area contributed by atoms with Crippen molar-refractivity contribution in [1.82, 2.24) is 4.90 Å². The van der Waals surface area contributed by atoms with Gasteiger partial charge in [0.2, 0.25) is 0 Å². The predicted molar refractivity (Wildman–Crippen MR) is 105 cm³/mol. The van der Waals surface area contributed by atoms with Crippen LogP contribution in [0.3, 0.4) is 0 Å². The molecule has 2 amide bonds. The van der Waals surface area contributed by atoms with Crippen molar-refractivity contribution in [3.63, 3.8) is 0 Å². The fraction of sp³-hybridized carbons (Fsp3) is 0.300. The van der Waals surface area contributed by atoms with Crippen molar-refractivity contribution < 1.29 is 9.59 Å². The number of hydrogen-bond donors (Lipinski definition) is 1. The van der Waals surface area contributed by atoms with Gasteiger partial charge in [0.15, 0.2) is 0 Å². The Balaban J connectivity index is 1.75. The van der Waals surface area contributed by atoms with Gasteiger partial charge in [0.1, 0.15) is 0 Å². The van der Waals surface area contributed by atoms with Gasteiger partial charge < -0.3 is 10.2 Å². The predicted octanol–water partition coefficient (Wildman–Crippen LogP) is 5.26. The standard InChI is InChI=1S/C20H20Cl2N2O2/c21-16-11-17(22)13-18(12-16)23-19(25)14-6-5-7-15(10-14)20(26)24-8-3-1-2-4-9-24/h5-7,10-13H,1-4,8-9H2,(H,23,25). The highest BCUT2D eigenvalue weighted by atomic mass is 35.5. The van der Waals surface area contributed by atoms with Gasteiger partial charge in [-0.15, -0.1) is 0 Å². The molecule has 0 radical (unpaired) electrons. The van der Waals surface area contributed by atoms with E-state index in [-0.39, 0.29) is 11.8 Å². The summed E-state index contributed by atoms with van der Waals surface area (Å²) in [5, 5.41) is 3.65. The van der Waals surface area contributed by atoms with Gasteiger partial charge in [0.05, 0.1) is 0 Å². The molecule has 1 heterocycles. The molecule has 2 aromatic rings. The molecular weight excluding hydrogens is 371 g/mol. The molecular formula is C20H20Cl2N2O2. The van der Waals surface area contributed by atoms with Gasteiger partial charge in [0, 0.05) is 39.9 Å². The van der Waals surface area contributed by atoms with Crippen LogP contribution in [0.5, 0.6) is 0 Å². The molecule has 1 N–H and O–H groups in total. The molecule has 1 fully saturated rings. The number of carbonyl (C=O) groups is 2. The molecule has 6 heteroatoms. The maximum atomic E-state index is 12.7. The Bertz CT molecular complexity index is 795. The minimum atomic E-state index is -0.311. The van der Waals surface area contributed by atoms with Crippen LogP contribution in [0, 0.1) is 0 Å². The first-order valence-corrected chi connectivity index (χ1v) is 9.45. The van der Waals surface area contributed by atoms with E-state index in [0.29, 0.717) is 26.9 Å². The van der Waals surface area contributed by atoms with E-state index >= 15 is 0 Å². The second kappa shape index (κ2) is 8.56. The summed E-state index contributed by atoms with van der Waals surface area (Å²) < 4.78 is 0. The van der Waals surface area contributed by atoms with E-state index in [1.165, 1.54) is 0 Å². The smallest absolute Gasteiger partial charge is 0.255 e. The molecule has 3 rings (SSSR count). The molecule has 0 aromatic heterocycles. The van der Waals surface area contributed by atoms with Crippen LogP contribution in [-0.4, -0.2) is 29.8 Å². The van der Waals surface area contributed by atoms with Crippen molar-refractivity contribution in [2.24, 2.45) is 0 Å². The Morgan fingerprint density at radius 2 is 1.46 bits per heavy atom. The summed E-state index contributed by atoms with van der Waals surface area (Å²) in [5.74, 6) is -0.332. The second-order valence-electron chi connectivity index (χ2n) is 6.40. The monoisotopic (exact) mass is 390 g/mol. The Morgan fingerprint density at radius 1 is 0.846 bits per heavy atom. The zero-order valence-electron chi connectivity index (χ0n) is 14.3. The number of amides is 2. The Labute approximate surface area is 163 Å². The Morgan fingerprint density at radius 3 is 2.12 bits per heavy atom. The van der Waals surface area contributed by atoms with E-state index in [1.807, 2.05) is 4.90 Å². The van der Waals surface area contributed by atoms with Crippen molar-refractivity contribution >= 4 is 40.7 Å². The summed E-state index contributed by atoms with van der Waals surface area (Å²) in [6.07, 6.45) is 4.38. The molecule has 0 saturated carbocycles. The largest absolute Gasteiger partial charge is 0.339 e. The van der Waals surface area contributed by atoms with Crippen molar-refractivity contribution in [2.45, 2.75) is 25.7 Å². The molecule has 136 valence electrons. The van der Waals surface area contributed by atoms with Gasteiger partial charge in [-0.25, -0.2) is 0 Å². The van der Waals surface area contributed by atoms with Gasteiger partial charge in [-0.05, 0) is 49.2 Å². The lowest BCUT2D eigenvalue weighted by atomic mass is 10.1. The van der Waals surface area contributed by atoms with E-state index in [0.717, 1.165) is 38.8 Å². The lowest BCUT2D eigenvalue weighted by Gasteiger charge is -2.20. The van der Waals surface area contributed by atoms with Gasteiger partial charge in [0.25, 0.3) is 11.8 Å². The van der Waals surface area contributed by atoms with Crippen molar-refractivity contribution in [3.05, 3.63) is 63.6 Å². The highest BCUT2D eigenvalue weighted by Gasteiger charge is 2.18. The fourth-order valence-electron chi connectivity index (χ4n) is 3.08. The molecule has 0 spiro atoms. The summed E-state index contributed by atoms with van der Waals surface area (Å²) in [5.41, 5.74) is 1.46. The highest BCUT2D eigenvalue weighted by Crippen LogP contribution is 2.23. The second-order valence-corrected chi connectivity index (χ2v) is 7.27. The summed E-state index contributed by atoms with van der Waals surface area (Å²) in [6, 6.07) is 11.6. The maximum absolute atomic E-state index is 12.7. The average molecular weight is 391 g/mol. The Kier molecular flexibility index (Phi) is 6.17. The molecule has 0 bridgehead atoms. The van der Waals surface area contributed by atoms with E-state index in [4.69, 9.17) is 23.2 Å². The van der Waals surface area contributed by atoms with E-state index in [1.54, 1.807) is 42.5 Å². The van der Waals surface area contributed by atoms with Gasteiger partial charge in [-0.1, -0.05) is 42.1 Å². The maximum Gasteiger partial charge on any atom is 0.255 e. The average Bonchev–Trinajstić information content (AvgIpc) is 2.89. The number of nitrogens with zero attached hydrogens (tertiary/aromatic N) is 1. The van der Waals surface area contributed by atoms with Crippen LogP contribution in [0.4, 0.5) is 5.69 Å². The van der Waals surface area contributed by atoms with E-state index in [2.05, 4.69) is 5.32 Å².